The third kappa shape index (κ3) is 4.36. The van der Waals surface area contributed by atoms with Crippen LogP contribution in [-0.4, -0.2) is 32.1 Å². The number of rotatable bonds is 6. The molecule has 4 rings (SSSR count). The number of hydrogen-bond acceptors (Lipinski definition) is 5. The molecule has 10 heteroatoms. The van der Waals surface area contributed by atoms with Crippen LogP contribution < -0.4 is 4.74 Å². The van der Waals surface area contributed by atoms with E-state index in [1.807, 2.05) is 24.4 Å². The summed E-state index contributed by atoms with van der Waals surface area (Å²) in [7, 11) is 0. The summed E-state index contributed by atoms with van der Waals surface area (Å²) in [6.45, 7) is 3.25. The smallest absolute Gasteiger partial charge is 0.421 e. The van der Waals surface area contributed by atoms with Crippen LogP contribution in [0.25, 0.3) is 33.7 Å². The van der Waals surface area contributed by atoms with E-state index in [0.717, 1.165) is 29.0 Å². The van der Waals surface area contributed by atoms with Crippen LogP contribution in [0.4, 0.5) is 13.2 Å². The summed E-state index contributed by atoms with van der Waals surface area (Å²) in [5.41, 5.74) is 1.68. The van der Waals surface area contributed by atoms with Crippen LogP contribution in [0.3, 0.4) is 0 Å². The van der Waals surface area contributed by atoms with Crippen LogP contribution in [0.5, 0.6) is 5.88 Å². The van der Waals surface area contributed by atoms with Gasteiger partial charge in [0, 0.05) is 34.7 Å². The van der Waals surface area contributed by atoms with E-state index in [1.54, 1.807) is 13.8 Å². The molecule has 3 heterocycles. The molecular formula is C21H18ClF3N4O2. The van der Waals surface area contributed by atoms with E-state index in [0.29, 0.717) is 11.4 Å². The summed E-state index contributed by atoms with van der Waals surface area (Å²) < 4.78 is 50.8. The highest BCUT2D eigenvalue weighted by atomic mass is 35.5. The van der Waals surface area contributed by atoms with Gasteiger partial charge in [-0.1, -0.05) is 17.3 Å². The number of alkyl halides is 4. The van der Waals surface area contributed by atoms with Crippen LogP contribution in [0.1, 0.15) is 25.0 Å². The van der Waals surface area contributed by atoms with E-state index in [1.165, 1.54) is 6.20 Å². The van der Waals surface area contributed by atoms with Gasteiger partial charge in [-0.3, -0.25) is 0 Å². The zero-order valence-electron chi connectivity index (χ0n) is 16.6. The number of pyridine rings is 1. The Balaban J connectivity index is 1.68. The second-order valence-electron chi connectivity index (χ2n) is 7.18. The SMILES string of the molecule is CC(C)Oc1ncc(-c2nc(-c3ccc4c(CCCl)c[nH]c4c3)no2)cc1C(F)(F)F. The van der Waals surface area contributed by atoms with Crippen molar-refractivity contribution in [3.05, 3.63) is 47.8 Å². The van der Waals surface area contributed by atoms with Gasteiger partial charge in [0.1, 0.15) is 5.56 Å². The van der Waals surface area contributed by atoms with Crippen molar-refractivity contribution in [3.8, 4) is 28.7 Å². The molecule has 0 radical (unpaired) electrons. The Morgan fingerprint density at radius 1 is 1.19 bits per heavy atom. The number of aromatic nitrogens is 4. The van der Waals surface area contributed by atoms with Gasteiger partial charge in [-0.15, -0.1) is 11.6 Å². The topological polar surface area (TPSA) is 76.8 Å². The van der Waals surface area contributed by atoms with Crippen molar-refractivity contribution in [1.29, 1.82) is 0 Å². The molecule has 6 nitrogen and oxygen atoms in total. The fourth-order valence-corrected chi connectivity index (χ4v) is 3.39. The fourth-order valence-electron chi connectivity index (χ4n) is 3.18. The first-order valence-electron chi connectivity index (χ1n) is 9.50. The van der Waals surface area contributed by atoms with Crippen molar-refractivity contribution in [1.82, 2.24) is 20.1 Å². The number of aromatic amines is 1. The molecule has 4 aromatic rings. The average Bonchev–Trinajstić information content (AvgIpc) is 3.35. The minimum atomic E-state index is -4.64. The van der Waals surface area contributed by atoms with Gasteiger partial charge in [0.15, 0.2) is 0 Å². The highest BCUT2D eigenvalue weighted by Crippen LogP contribution is 2.37. The van der Waals surface area contributed by atoms with E-state index in [2.05, 4.69) is 20.1 Å². The van der Waals surface area contributed by atoms with Crippen molar-refractivity contribution >= 4 is 22.5 Å². The third-order valence-electron chi connectivity index (χ3n) is 4.57. The Morgan fingerprint density at radius 2 is 2.00 bits per heavy atom. The van der Waals surface area contributed by atoms with Crippen LogP contribution in [0, 0.1) is 0 Å². The number of halogens is 4. The predicted molar refractivity (Wildman–Crippen MR) is 110 cm³/mol. The lowest BCUT2D eigenvalue weighted by molar-refractivity contribution is -0.139. The quantitative estimate of drug-likeness (QED) is 0.372. The zero-order valence-corrected chi connectivity index (χ0v) is 17.4. The number of ether oxygens (including phenoxy) is 1. The Hall–Kier alpha value is -3.07. The molecule has 1 aromatic carbocycles. The lowest BCUT2D eigenvalue weighted by Crippen LogP contribution is -2.14. The minimum Gasteiger partial charge on any atom is -0.475 e. The zero-order chi connectivity index (χ0) is 22.2. The largest absolute Gasteiger partial charge is 0.475 e. The van der Waals surface area contributed by atoms with Gasteiger partial charge in [-0.2, -0.15) is 18.2 Å². The third-order valence-corrected chi connectivity index (χ3v) is 4.76. The average molecular weight is 451 g/mol. The Labute approximate surface area is 180 Å². The Morgan fingerprint density at radius 3 is 2.71 bits per heavy atom. The van der Waals surface area contributed by atoms with Gasteiger partial charge in [0.25, 0.3) is 5.89 Å². The lowest BCUT2D eigenvalue weighted by atomic mass is 10.1. The van der Waals surface area contributed by atoms with Crippen molar-refractivity contribution in [2.24, 2.45) is 0 Å². The predicted octanol–water partition coefficient (Wildman–Crippen LogP) is 5.87. The Bertz CT molecular complexity index is 1220. The van der Waals surface area contributed by atoms with Gasteiger partial charge in [-0.05, 0) is 38.0 Å². The van der Waals surface area contributed by atoms with Crippen LogP contribution in [-0.2, 0) is 12.6 Å². The number of fused-ring (bicyclic) bond motifs is 1. The highest BCUT2D eigenvalue weighted by Gasteiger charge is 2.36. The monoisotopic (exact) mass is 450 g/mol. The van der Waals surface area contributed by atoms with E-state index in [4.69, 9.17) is 20.9 Å². The van der Waals surface area contributed by atoms with Crippen molar-refractivity contribution in [2.75, 3.05) is 5.88 Å². The van der Waals surface area contributed by atoms with Gasteiger partial charge in [-0.25, -0.2) is 4.98 Å². The van der Waals surface area contributed by atoms with Gasteiger partial charge >= 0.3 is 6.18 Å². The first kappa shape index (κ1) is 21.2. The molecule has 1 N–H and O–H groups in total. The summed E-state index contributed by atoms with van der Waals surface area (Å²) >= 11 is 5.83. The molecule has 0 spiro atoms. The molecule has 0 atom stereocenters. The highest BCUT2D eigenvalue weighted by molar-refractivity contribution is 6.18. The normalized spacial score (nSPS) is 12.1. The molecule has 31 heavy (non-hydrogen) atoms. The molecule has 0 unspecified atom stereocenters. The van der Waals surface area contributed by atoms with Gasteiger partial charge < -0.3 is 14.2 Å². The number of nitrogens with zero attached hydrogens (tertiary/aromatic N) is 3. The Kier molecular flexibility index (Phi) is 5.62. The summed E-state index contributed by atoms with van der Waals surface area (Å²) in [5.74, 6) is 0.202. The van der Waals surface area contributed by atoms with Crippen molar-refractivity contribution in [3.63, 3.8) is 0 Å². The van der Waals surface area contributed by atoms with E-state index in [-0.39, 0.29) is 17.3 Å². The van der Waals surface area contributed by atoms with Crippen molar-refractivity contribution < 1.29 is 22.4 Å². The second-order valence-corrected chi connectivity index (χ2v) is 7.56. The van der Waals surface area contributed by atoms with E-state index in [9.17, 15) is 13.2 Å². The van der Waals surface area contributed by atoms with E-state index >= 15 is 0 Å². The maximum absolute atomic E-state index is 13.5. The van der Waals surface area contributed by atoms with Gasteiger partial charge in [0.2, 0.25) is 11.7 Å². The van der Waals surface area contributed by atoms with Crippen LogP contribution in [0.2, 0.25) is 0 Å². The summed E-state index contributed by atoms with van der Waals surface area (Å²) in [4.78, 5) is 11.2. The first-order chi connectivity index (χ1) is 14.8. The lowest BCUT2D eigenvalue weighted by Gasteiger charge is -2.15. The summed E-state index contributed by atoms with van der Waals surface area (Å²) in [6.07, 6.45) is -1.25. The number of nitrogens with one attached hydrogen (secondary N) is 1. The first-order valence-corrected chi connectivity index (χ1v) is 10.0. The van der Waals surface area contributed by atoms with Crippen molar-refractivity contribution in [2.45, 2.75) is 32.5 Å². The van der Waals surface area contributed by atoms with Gasteiger partial charge in [0.05, 0.1) is 11.7 Å². The molecule has 162 valence electrons. The molecule has 0 fully saturated rings. The number of aryl methyl sites for hydroxylation is 1. The van der Waals surface area contributed by atoms with Crippen LogP contribution in [0.15, 0.2) is 41.2 Å². The summed E-state index contributed by atoms with van der Waals surface area (Å²) in [6, 6.07) is 6.48. The number of hydrogen-bond donors (Lipinski definition) is 1. The second kappa shape index (κ2) is 8.22. The molecule has 0 bridgehead atoms. The molecule has 3 aromatic heterocycles. The van der Waals surface area contributed by atoms with Crippen LogP contribution >= 0.6 is 11.6 Å². The molecule has 0 amide bonds. The number of benzene rings is 1. The molecule has 0 saturated heterocycles. The number of H-pyrrole nitrogens is 1. The molecule has 0 saturated carbocycles. The fraction of sp³-hybridized carbons (Fsp3) is 0.286. The minimum absolute atomic E-state index is 0.0486. The molecule has 0 aliphatic heterocycles. The summed E-state index contributed by atoms with van der Waals surface area (Å²) in [5, 5.41) is 4.95. The maximum atomic E-state index is 13.5. The molecular weight excluding hydrogens is 433 g/mol. The molecule has 0 aliphatic carbocycles. The molecule has 0 aliphatic rings. The standard InChI is InChI=1S/C21H18ClF3N4O2/c1-11(2)30-20-16(21(23,24)25)7-14(10-27-20)19-28-18(29-31-19)12-3-4-15-13(5-6-22)9-26-17(15)8-12/h3-4,7-11,26H,5-6H2,1-2H3. The maximum Gasteiger partial charge on any atom is 0.421 e. The van der Waals surface area contributed by atoms with E-state index < -0.39 is 23.7 Å².